The molecule has 0 radical (unpaired) electrons. The lowest BCUT2D eigenvalue weighted by Gasteiger charge is -2.25. The van der Waals surface area contributed by atoms with E-state index in [1.165, 1.54) is 23.9 Å². The van der Waals surface area contributed by atoms with E-state index in [-0.39, 0.29) is 11.5 Å². The fourth-order valence-corrected chi connectivity index (χ4v) is 2.52. The predicted molar refractivity (Wildman–Crippen MR) is 82.9 cm³/mol. The highest BCUT2D eigenvalue weighted by Crippen LogP contribution is 2.27. The summed E-state index contributed by atoms with van der Waals surface area (Å²) in [6.07, 6.45) is 4.78. The number of hydrogen-bond acceptors (Lipinski definition) is 4. The number of nitrogens with one attached hydrogen (secondary N) is 1. The van der Waals surface area contributed by atoms with Crippen LogP contribution in [0.25, 0.3) is 0 Å². The summed E-state index contributed by atoms with van der Waals surface area (Å²) in [4.78, 5) is 12.4. The van der Waals surface area contributed by atoms with Crippen molar-refractivity contribution in [2.75, 3.05) is 11.9 Å². The Morgan fingerprint density at radius 3 is 2.80 bits per heavy atom. The second-order valence-corrected chi connectivity index (χ2v) is 6.70. The maximum Gasteiger partial charge on any atom is 0.291 e. The van der Waals surface area contributed by atoms with Gasteiger partial charge in [-0.3, -0.25) is 4.79 Å². The molecule has 1 aromatic heterocycles. The van der Waals surface area contributed by atoms with Crippen molar-refractivity contribution in [2.24, 2.45) is 11.8 Å². The van der Waals surface area contributed by atoms with Crippen LogP contribution in [0.1, 0.15) is 33.1 Å². The van der Waals surface area contributed by atoms with Crippen LogP contribution < -0.4 is 10.9 Å². The SMILES string of the molecule is CC(C)C(O)CNc1c(Br)cnn(CC2CCC2)c1=O. The normalized spacial score (nSPS) is 17.1. The lowest BCUT2D eigenvalue weighted by Crippen LogP contribution is -2.33. The molecule has 0 aromatic carbocycles. The van der Waals surface area contributed by atoms with Crippen LogP contribution in [0.15, 0.2) is 15.5 Å². The van der Waals surface area contributed by atoms with E-state index in [0.29, 0.717) is 29.2 Å². The monoisotopic (exact) mass is 343 g/mol. The molecule has 1 fully saturated rings. The molecule has 20 heavy (non-hydrogen) atoms. The minimum absolute atomic E-state index is 0.123. The van der Waals surface area contributed by atoms with Crippen molar-refractivity contribution in [3.63, 3.8) is 0 Å². The highest BCUT2D eigenvalue weighted by molar-refractivity contribution is 9.10. The summed E-state index contributed by atoms with van der Waals surface area (Å²) in [5.74, 6) is 0.732. The Morgan fingerprint density at radius 1 is 1.55 bits per heavy atom. The molecule has 2 rings (SSSR count). The second kappa shape index (κ2) is 6.72. The minimum Gasteiger partial charge on any atom is -0.391 e. The van der Waals surface area contributed by atoms with Crippen LogP contribution in [0.2, 0.25) is 0 Å². The van der Waals surface area contributed by atoms with Crippen molar-refractivity contribution in [1.82, 2.24) is 9.78 Å². The van der Waals surface area contributed by atoms with Crippen LogP contribution in [0.5, 0.6) is 0 Å². The molecule has 0 saturated heterocycles. The number of halogens is 1. The van der Waals surface area contributed by atoms with Gasteiger partial charge in [-0.15, -0.1) is 0 Å². The standard InChI is InChI=1S/C14H22BrN3O2/c1-9(2)12(19)7-16-13-11(15)6-17-18(14(13)20)8-10-4-3-5-10/h6,9-10,12,16,19H,3-5,7-8H2,1-2H3. The Morgan fingerprint density at radius 2 is 2.25 bits per heavy atom. The van der Waals surface area contributed by atoms with Gasteiger partial charge in [-0.2, -0.15) is 5.10 Å². The van der Waals surface area contributed by atoms with Gasteiger partial charge in [0.15, 0.2) is 0 Å². The van der Waals surface area contributed by atoms with Gasteiger partial charge in [0.05, 0.1) is 16.8 Å². The zero-order valence-electron chi connectivity index (χ0n) is 12.0. The van der Waals surface area contributed by atoms with E-state index in [1.54, 1.807) is 6.20 Å². The van der Waals surface area contributed by atoms with E-state index in [4.69, 9.17) is 0 Å². The van der Waals surface area contributed by atoms with E-state index in [9.17, 15) is 9.90 Å². The first-order valence-electron chi connectivity index (χ1n) is 7.16. The highest BCUT2D eigenvalue weighted by atomic mass is 79.9. The van der Waals surface area contributed by atoms with Crippen molar-refractivity contribution >= 4 is 21.6 Å². The third kappa shape index (κ3) is 3.61. The first-order valence-corrected chi connectivity index (χ1v) is 7.96. The number of aliphatic hydroxyl groups is 1. The molecule has 1 aliphatic carbocycles. The topological polar surface area (TPSA) is 67.2 Å². The average molecular weight is 344 g/mol. The quantitative estimate of drug-likeness (QED) is 0.831. The van der Waals surface area contributed by atoms with Gasteiger partial charge in [0.25, 0.3) is 5.56 Å². The summed E-state index contributed by atoms with van der Waals surface area (Å²) in [5, 5.41) is 17.0. The molecule has 2 N–H and O–H groups in total. The first-order chi connectivity index (χ1) is 9.49. The number of rotatable bonds is 6. The molecule has 0 aliphatic heterocycles. The van der Waals surface area contributed by atoms with Crippen LogP contribution in [0, 0.1) is 11.8 Å². The van der Waals surface area contributed by atoms with Gasteiger partial charge < -0.3 is 10.4 Å². The summed E-state index contributed by atoms with van der Waals surface area (Å²) in [6.45, 7) is 4.94. The number of aromatic nitrogens is 2. The lowest BCUT2D eigenvalue weighted by atomic mass is 9.85. The molecule has 1 saturated carbocycles. The summed E-state index contributed by atoms with van der Waals surface area (Å²) in [7, 11) is 0. The number of hydrogen-bond donors (Lipinski definition) is 2. The summed E-state index contributed by atoms with van der Waals surface area (Å²) in [6, 6.07) is 0. The van der Waals surface area contributed by atoms with Crippen LogP contribution in [-0.4, -0.2) is 27.5 Å². The van der Waals surface area contributed by atoms with Gasteiger partial charge in [-0.25, -0.2) is 4.68 Å². The van der Waals surface area contributed by atoms with Gasteiger partial charge in [0, 0.05) is 13.1 Å². The molecule has 5 nitrogen and oxygen atoms in total. The number of anilines is 1. The van der Waals surface area contributed by atoms with E-state index >= 15 is 0 Å². The number of aliphatic hydroxyl groups excluding tert-OH is 1. The maximum atomic E-state index is 12.4. The van der Waals surface area contributed by atoms with Crippen LogP contribution in [-0.2, 0) is 6.54 Å². The van der Waals surface area contributed by atoms with Crippen LogP contribution in [0.3, 0.4) is 0 Å². The largest absolute Gasteiger partial charge is 0.391 e. The van der Waals surface area contributed by atoms with Crippen molar-refractivity contribution in [3.05, 3.63) is 21.0 Å². The van der Waals surface area contributed by atoms with Crippen molar-refractivity contribution in [2.45, 2.75) is 45.8 Å². The van der Waals surface area contributed by atoms with E-state index in [2.05, 4.69) is 26.3 Å². The molecule has 1 atom stereocenters. The Labute approximate surface area is 127 Å². The van der Waals surface area contributed by atoms with Crippen molar-refractivity contribution in [3.8, 4) is 0 Å². The van der Waals surface area contributed by atoms with E-state index in [1.807, 2.05) is 13.8 Å². The summed E-state index contributed by atoms with van der Waals surface area (Å²) >= 11 is 3.35. The molecular weight excluding hydrogens is 322 g/mol. The zero-order chi connectivity index (χ0) is 14.7. The van der Waals surface area contributed by atoms with Gasteiger partial charge in [-0.05, 0) is 40.6 Å². The van der Waals surface area contributed by atoms with Crippen molar-refractivity contribution in [1.29, 1.82) is 0 Å². The van der Waals surface area contributed by atoms with Crippen molar-refractivity contribution < 1.29 is 5.11 Å². The van der Waals surface area contributed by atoms with E-state index in [0.717, 1.165) is 0 Å². The van der Waals surface area contributed by atoms with Gasteiger partial charge in [0.2, 0.25) is 0 Å². The molecule has 6 heteroatoms. The lowest BCUT2D eigenvalue weighted by molar-refractivity contribution is 0.138. The third-order valence-electron chi connectivity index (χ3n) is 3.91. The second-order valence-electron chi connectivity index (χ2n) is 5.84. The van der Waals surface area contributed by atoms with Gasteiger partial charge in [0.1, 0.15) is 5.69 Å². The smallest absolute Gasteiger partial charge is 0.291 e. The molecule has 1 aliphatic rings. The van der Waals surface area contributed by atoms with Gasteiger partial charge in [-0.1, -0.05) is 20.3 Å². The molecule has 1 aromatic rings. The highest BCUT2D eigenvalue weighted by Gasteiger charge is 2.20. The molecule has 1 heterocycles. The van der Waals surface area contributed by atoms with Crippen LogP contribution in [0.4, 0.5) is 5.69 Å². The zero-order valence-corrected chi connectivity index (χ0v) is 13.6. The molecule has 1 unspecified atom stereocenters. The Bertz CT molecular complexity index is 512. The Balaban J connectivity index is 2.10. The third-order valence-corrected chi connectivity index (χ3v) is 4.51. The molecule has 0 bridgehead atoms. The molecular formula is C14H22BrN3O2. The Hall–Kier alpha value is -0.880. The maximum absolute atomic E-state index is 12.4. The molecule has 0 amide bonds. The number of nitrogens with zero attached hydrogens (tertiary/aromatic N) is 2. The van der Waals surface area contributed by atoms with Crippen LogP contribution >= 0.6 is 15.9 Å². The molecule has 0 spiro atoms. The predicted octanol–water partition coefficient (Wildman–Crippen LogP) is 2.23. The van der Waals surface area contributed by atoms with Gasteiger partial charge >= 0.3 is 0 Å². The average Bonchev–Trinajstić information content (AvgIpc) is 2.35. The first kappa shape index (κ1) is 15.5. The fraction of sp³-hybridized carbons (Fsp3) is 0.714. The Kier molecular flexibility index (Phi) is 5.21. The fourth-order valence-electron chi connectivity index (χ4n) is 2.12. The summed E-state index contributed by atoms with van der Waals surface area (Å²) < 4.78 is 2.17. The van der Waals surface area contributed by atoms with E-state index < -0.39 is 6.10 Å². The minimum atomic E-state index is -0.477. The molecule has 112 valence electrons. The summed E-state index contributed by atoms with van der Waals surface area (Å²) in [5.41, 5.74) is 0.362.